The van der Waals surface area contributed by atoms with E-state index in [0.29, 0.717) is 16.7 Å². The average molecular weight is 248 g/mol. The van der Waals surface area contributed by atoms with Crippen LogP contribution in [0, 0.1) is 0 Å². The Kier molecular flexibility index (Phi) is 2.73. The van der Waals surface area contributed by atoms with Gasteiger partial charge in [-0.05, 0) is 11.5 Å². The molecule has 2 heterocycles. The molecular formula is C12H16N4O2. The van der Waals surface area contributed by atoms with Crippen molar-refractivity contribution in [3.63, 3.8) is 0 Å². The molecule has 0 aromatic carbocycles. The predicted octanol–water partition coefficient (Wildman–Crippen LogP) is 0.338. The summed E-state index contributed by atoms with van der Waals surface area (Å²) < 4.78 is 2.44. The van der Waals surface area contributed by atoms with E-state index in [9.17, 15) is 9.59 Å². The Balaban J connectivity index is 3.17. The minimum Gasteiger partial charge on any atom is -0.397 e. The second-order valence-electron chi connectivity index (χ2n) is 4.69. The first-order valence-electron chi connectivity index (χ1n) is 5.70. The number of aryl methyl sites for hydroxylation is 1. The average Bonchev–Trinajstić information content (AvgIpc) is 2.32. The molecule has 6 heteroatoms. The van der Waals surface area contributed by atoms with Crippen molar-refractivity contribution < 1.29 is 0 Å². The SMILES string of the molecule is CC(C)c1c(N)cnc2c1c(=O)n(C)c(=O)n2C. The van der Waals surface area contributed by atoms with Crippen LogP contribution in [0.1, 0.15) is 25.3 Å². The Morgan fingerprint density at radius 2 is 1.83 bits per heavy atom. The number of fused-ring (bicyclic) bond motifs is 1. The summed E-state index contributed by atoms with van der Waals surface area (Å²) in [6, 6.07) is 0. The van der Waals surface area contributed by atoms with Crippen LogP contribution < -0.4 is 17.0 Å². The Labute approximate surface area is 104 Å². The molecule has 18 heavy (non-hydrogen) atoms. The standard InChI is InChI=1S/C12H16N4O2/c1-6(2)8-7(13)5-14-10-9(8)11(17)16(4)12(18)15(10)3/h5-6H,13H2,1-4H3. The molecule has 0 bridgehead atoms. The van der Waals surface area contributed by atoms with Gasteiger partial charge in [0.15, 0.2) is 0 Å². The zero-order valence-corrected chi connectivity index (χ0v) is 10.9. The lowest BCUT2D eigenvalue weighted by Crippen LogP contribution is -2.38. The number of hydrogen-bond acceptors (Lipinski definition) is 4. The largest absolute Gasteiger partial charge is 0.397 e. The van der Waals surface area contributed by atoms with Crippen LogP contribution >= 0.6 is 0 Å². The maximum absolute atomic E-state index is 12.2. The van der Waals surface area contributed by atoms with Crippen LogP contribution in [0.25, 0.3) is 11.0 Å². The molecule has 0 unspecified atom stereocenters. The number of nitrogens with two attached hydrogens (primary N) is 1. The van der Waals surface area contributed by atoms with Crippen LogP contribution in [-0.2, 0) is 14.1 Å². The highest BCUT2D eigenvalue weighted by Gasteiger charge is 2.17. The van der Waals surface area contributed by atoms with Crippen molar-refractivity contribution in [1.82, 2.24) is 14.1 Å². The van der Waals surface area contributed by atoms with Crippen molar-refractivity contribution in [3.8, 4) is 0 Å². The smallest absolute Gasteiger partial charge is 0.332 e. The molecule has 0 saturated carbocycles. The molecule has 2 rings (SSSR count). The quantitative estimate of drug-likeness (QED) is 0.788. The Morgan fingerprint density at radius 3 is 2.39 bits per heavy atom. The number of hydrogen-bond donors (Lipinski definition) is 1. The van der Waals surface area contributed by atoms with Gasteiger partial charge < -0.3 is 5.73 Å². The van der Waals surface area contributed by atoms with Gasteiger partial charge in [0.1, 0.15) is 5.65 Å². The van der Waals surface area contributed by atoms with E-state index in [4.69, 9.17) is 5.73 Å². The van der Waals surface area contributed by atoms with Gasteiger partial charge in [0, 0.05) is 14.1 Å². The molecule has 0 fully saturated rings. The highest BCUT2D eigenvalue weighted by atomic mass is 16.2. The third-order valence-electron chi connectivity index (χ3n) is 3.12. The monoisotopic (exact) mass is 248 g/mol. The molecule has 0 saturated heterocycles. The zero-order chi connectivity index (χ0) is 13.6. The van der Waals surface area contributed by atoms with Gasteiger partial charge >= 0.3 is 5.69 Å². The van der Waals surface area contributed by atoms with Crippen LogP contribution in [-0.4, -0.2) is 14.1 Å². The van der Waals surface area contributed by atoms with Crippen molar-refractivity contribution in [1.29, 1.82) is 0 Å². The van der Waals surface area contributed by atoms with Crippen molar-refractivity contribution in [3.05, 3.63) is 32.6 Å². The molecule has 6 nitrogen and oxygen atoms in total. The fourth-order valence-corrected chi connectivity index (χ4v) is 2.19. The van der Waals surface area contributed by atoms with Gasteiger partial charge in [0.25, 0.3) is 5.56 Å². The number of pyridine rings is 1. The normalized spacial score (nSPS) is 11.4. The molecule has 2 aromatic rings. The first-order chi connectivity index (χ1) is 8.36. The zero-order valence-electron chi connectivity index (χ0n) is 10.9. The van der Waals surface area contributed by atoms with Crippen LogP contribution in [0.2, 0.25) is 0 Å². The number of aromatic nitrogens is 3. The molecule has 2 aromatic heterocycles. The number of nitrogen functional groups attached to an aromatic ring is 1. The van der Waals surface area contributed by atoms with Gasteiger partial charge in [-0.1, -0.05) is 13.8 Å². The molecular weight excluding hydrogens is 232 g/mol. The van der Waals surface area contributed by atoms with Gasteiger partial charge in [-0.15, -0.1) is 0 Å². The van der Waals surface area contributed by atoms with Crippen molar-refractivity contribution >= 4 is 16.7 Å². The highest BCUT2D eigenvalue weighted by molar-refractivity contribution is 5.83. The molecule has 0 spiro atoms. The summed E-state index contributed by atoms with van der Waals surface area (Å²) in [6.07, 6.45) is 1.50. The third-order valence-corrected chi connectivity index (χ3v) is 3.12. The fourth-order valence-electron chi connectivity index (χ4n) is 2.19. The second-order valence-corrected chi connectivity index (χ2v) is 4.69. The van der Waals surface area contributed by atoms with E-state index in [1.165, 1.54) is 17.8 Å². The lowest BCUT2D eigenvalue weighted by atomic mass is 9.99. The van der Waals surface area contributed by atoms with Gasteiger partial charge in [0.2, 0.25) is 0 Å². The summed E-state index contributed by atoms with van der Waals surface area (Å²) in [6.45, 7) is 3.91. The van der Waals surface area contributed by atoms with E-state index < -0.39 is 0 Å². The van der Waals surface area contributed by atoms with E-state index in [-0.39, 0.29) is 17.2 Å². The lowest BCUT2D eigenvalue weighted by molar-refractivity contribution is 0.704. The van der Waals surface area contributed by atoms with Gasteiger partial charge in [-0.25, -0.2) is 9.78 Å². The summed E-state index contributed by atoms with van der Waals surface area (Å²) in [5, 5.41) is 0.426. The third kappa shape index (κ3) is 1.53. The number of anilines is 1. The molecule has 0 atom stereocenters. The highest BCUT2D eigenvalue weighted by Crippen LogP contribution is 2.26. The van der Waals surface area contributed by atoms with Gasteiger partial charge in [-0.2, -0.15) is 0 Å². The predicted molar refractivity (Wildman–Crippen MR) is 70.7 cm³/mol. The topological polar surface area (TPSA) is 82.9 Å². The van der Waals surface area contributed by atoms with Gasteiger partial charge in [0.05, 0.1) is 17.3 Å². The summed E-state index contributed by atoms with van der Waals surface area (Å²) in [5.41, 5.74) is 6.76. The fraction of sp³-hybridized carbons (Fsp3) is 0.417. The van der Waals surface area contributed by atoms with E-state index in [0.717, 1.165) is 10.1 Å². The number of nitrogens with zero attached hydrogens (tertiary/aromatic N) is 3. The van der Waals surface area contributed by atoms with E-state index in [1.54, 1.807) is 7.05 Å². The molecule has 0 aliphatic carbocycles. The van der Waals surface area contributed by atoms with Crippen LogP contribution in [0.5, 0.6) is 0 Å². The van der Waals surface area contributed by atoms with Crippen molar-refractivity contribution in [2.24, 2.45) is 14.1 Å². The van der Waals surface area contributed by atoms with E-state index in [1.807, 2.05) is 13.8 Å². The van der Waals surface area contributed by atoms with Crippen molar-refractivity contribution in [2.75, 3.05) is 5.73 Å². The molecule has 0 aliphatic rings. The minimum absolute atomic E-state index is 0.0840. The Hall–Kier alpha value is -2.11. The van der Waals surface area contributed by atoms with Crippen LogP contribution in [0.3, 0.4) is 0 Å². The molecule has 0 aliphatic heterocycles. The lowest BCUT2D eigenvalue weighted by Gasteiger charge is -2.14. The Morgan fingerprint density at radius 1 is 1.22 bits per heavy atom. The Bertz CT molecular complexity index is 740. The first-order valence-corrected chi connectivity index (χ1v) is 5.70. The summed E-state index contributed by atoms with van der Waals surface area (Å²) in [5.74, 6) is 0.0840. The van der Waals surface area contributed by atoms with Gasteiger partial charge in [-0.3, -0.25) is 13.9 Å². The second kappa shape index (κ2) is 3.97. The molecule has 0 radical (unpaired) electrons. The first kappa shape index (κ1) is 12.3. The van der Waals surface area contributed by atoms with Crippen LogP contribution in [0.15, 0.2) is 15.8 Å². The minimum atomic E-state index is -0.389. The summed E-state index contributed by atoms with van der Waals surface area (Å²) >= 11 is 0. The summed E-state index contributed by atoms with van der Waals surface area (Å²) in [4.78, 5) is 28.2. The molecule has 96 valence electrons. The maximum atomic E-state index is 12.2. The van der Waals surface area contributed by atoms with Crippen LogP contribution in [0.4, 0.5) is 5.69 Å². The molecule has 2 N–H and O–H groups in total. The summed E-state index contributed by atoms with van der Waals surface area (Å²) in [7, 11) is 3.05. The number of rotatable bonds is 1. The van der Waals surface area contributed by atoms with Crippen molar-refractivity contribution in [2.45, 2.75) is 19.8 Å². The molecule has 0 amide bonds. The van der Waals surface area contributed by atoms with E-state index >= 15 is 0 Å². The van der Waals surface area contributed by atoms with E-state index in [2.05, 4.69) is 4.98 Å². The maximum Gasteiger partial charge on any atom is 0.332 e.